The molecule has 2 nitrogen and oxygen atoms in total. The summed E-state index contributed by atoms with van der Waals surface area (Å²) in [7, 11) is 0. The second-order valence-electron chi connectivity index (χ2n) is 4.60. The minimum atomic E-state index is -2.37. The van der Waals surface area contributed by atoms with Gasteiger partial charge in [-0.1, -0.05) is 39.8 Å². The summed E-state index contributed by atoms with van der Waals surface area (Å²) in [5.41, 5.74) is 1.17. The summed E-state index contributed by atoms with van der Waals surface area (Å²) in [5.74, 6) is -0.846. The predicted molar refractivity (Wildman–Crippen MR) is 85.4 cm³/mol. The second kappa shape index (κ2) is 7.96. The van der Waals surface area contributed by atoms with Crippen molar-refractivity contribution in [3.63, 3.8) is 0 Å². The van der Waals surface area contributed by atoms with Gasteiger partial charge in [-0.3, -0.25) is 0 Å². The quantitative estimate of drug-likeness (QED) is 0.705. The lowest BCUT2D eigenvalue weighted by Gasteiger charge is -2.13. The van der Waals surface area contributed by atoms with Gasteiger partial charge in [-0.25, -0.2) is 0 Å². The Bertz CT molecular complexity index is 576. The van der Waals surface area contributed by atoms with Gasteiger partial charge in [-0.05, 0) is 36.8 Å². The Hall–Kier alpha value is -0.850. The fourth-order valence-electron chi connectivity index (χ4n) is 1.89. The van der Waals surface area contributed by atoms with Crippen LogP contribution in [0.25, 0.3) is 0 Å². The van der Waals surface area contributed by atoms with Crippen LogP contribution in [0.15, 0.2) is 45.3 Å². The van der Waals surface area contributed by atoms with Crippen molar-refractivity contribution in [1.29, 1.82) is 0 Å². The molecule has 1 heterocycles. The van der Waals surface area contributed by atoms with Gasteiger partial charge in [-0.2, -0.15) is 8.78 Å². The third-order valence-electron chi connectivity index (χ3n) is 3.00. The third-order valence-corrected chi connectivity index (χ3v) is 4.20. The van der Waals surface area contributed by atoms with Crippen LogP contribution in [0.2, 0.25) is 0 Å². The molecule has 0 amide bonds. The number of halogens is 3. The van der Waals surface area contributed by atoms with E-state index in [2.05, 4.69) is 40.3 Å². The van der Waals surface area contributed by atoms with Crippen molar-refractivity contribution in [2.24, 2.45) is 0 Å². The van der Waals surface area contributed by atoms with E-state index in [0.29, 0.717) is 24.1 Å². The highest BCUT2D eigenvalue weighted by molar-refractivity contribution is 9.10. The molecular weight excluding hydrogens is 360 g/mol. The second-order valence-corrected chi connectivity index (χ2v) is 6.49. The Labute approximate surface area is 135 Å². The van der Waals surface area contributed by atoms with Crippen molar-refractivity contribution < 1.29 is 13.2 Å². The van der Waals surface area contributed by atoms with Gasteiger partial charge in [0.1, 0.15) is 11.5 Å². The summed E-state index contributed by atoms with van der Waals surface area (Å²) in [5, 5.41) is 3.35. The molecule has 1 aromatic heterocycles. The van der Waals surface area contributed by atoms with Crippen molar-refractivity contribution in [2.45, 2.75) is 31.0 Å². The summed E-state index contributed by atoms with van der Waals surface area (Å²) in [6.07, 6.45) is 0. The van der Waals surface area contributed by atoms with Crippen LogP contribution in [-0.2, 0) is 12.3 Å². The van der Waals surface area contributed by atoms with Crippen LogP contribution < -0.4 is 5.32 Å². The van der Waals surface area contributed by atoms with Crippen LogP contribution >= 0.6 is 27.7 Å². The molecule has 0 aliphatic heterocycles. The van der Waals surface area contributed by atoms with Crippen molar-refractivity contribution >= 4 is 27.7 Å². The summed E-state index contributed by atoms with van der Waals surface area (Å²) in [6, 6.07) is 11.8. The van der Waals surface area contributed by atoms with Crippen LogP contribution in [0, 0.1) is 0 Å². The van der Waals surface area contributed by atoms with E-state index in [4.69, 9.17) is 4.42 Å². The van der Waals surface area contributed by atoms with Crippen LogP contribution in [0.4, 0.5) is 8.78 Å². The van der Waals surface area contributed by atoms with Crippen LogP contribution in [0.5, 0.6) is 0 Å². The number of hydrogen-bond acceptors (Lipinski definition) is 3. The zero-order chi connectivity index (χ0) is 15.2. The van der Waals surface area contributed by atoms with Crippen LogP contribution in [0.1, 0.15) is 30.0 Å². The summed E-state index contributed by atoms with van der Waals surface area (Å²) in [6.45, 7) is 2.63. The van der Waals surface area contributed by atoms with Gasteiger partial charge in [0, 0.05) is 10.5 Å². The van der Waals surface area contributed by atoms with E-state index >= 15 is 0 Å². The molecule has 0 unspecified atom stereocenters. The number of benzene rings is 1. The molecule has 0 radical (unpaired) electrons. The lowest BCUT2D eigenvalue weighted by molar-refractivity contribution is 0.251. The predicted octanol–water partition coefficient (Wildman–Crippen LogP) is 5.35. The Balaban J connectivity index is 1.85. The first-order valence-corrected chi connectivity index (χ1v) is 8.35. The minimum Gasteiger partial charge on any atom is -0.464 e. The number of thioether (sulfide) groups is 1. The molecule has 0 bridgehead atoms. The molecule has 1 N–H and O–H groups in total. The van der Waals surface area contributed by atoms with Gasteiger partial charge in [0.25, 0.3) is 5.76 Å². The normalized spacial score (nSPS) is 12.8. The molecule has 114 valence electrons. The van der Waals surface area contributed by atoms with E-state index < -0.39 is 5.76 Å². The summed E-state index contributed by atoms with van der Waals surface area (Å²) < 4.78 is 30.8. The Kier molecular flexibility index (Phi) is 6.26. The van der Waals surface area contributed by atoms with Gasteiger partial charge < -0.3 is 9.73 Å². The van der Waals surface area contributed by atoms with E-state index in [0.717, 1.165) is 10.2 Å². The smallest absolute Gasteiger partial charge is 0.284 e. The molecule has 0 spiro atoms. The fraction of sp³-hybridized carbons (Fsp3) is 0.333. The lowest BCUT2D eigenvalue weighted by Crippen LogP contribution is -2.17. The first-order chi connectivity index (χ1) is 10.0. The van der Waals surface area contributed by atoms with Crippen molar-refractivity contribution in [1.82, 2.24) is 5.32 Å². The molecule has 1 atom stereocenters. The maximum atomic E-state index is 12.1. The number of nitrogens with one attached hydrogen (secondary N) is 1. The summed E-state index contributed by atoms with van der Waals surface area (Å²) >= 11 is 4.02. The van der Waals surface area contributed by atoms with Crippen LogP contribution in [-0.4, -0.2) is 5.76 Å². The Morgan fingerprint density at radius 3 is 2.71 bits per heavy atom. The van der Waals surface area contributed by atoms with E-state index in [1.807, 2.05) is 18.2 Å². The number of furan rings is 1. The third kappa shape index (κ3) is 5.45. The fourth-order valence-corrected chi connectivity index (χ4v) is 2.75. The first kappa shape index (κ1) is 16.5. The standard InChI is InChI=1S/C15H16BrF2NOS/c1-10(11-3-2-4-12(16)7-11)19-8-13-5-6-14(20-13)9-21-15(17)18/h2-7,10,15,19H,8-9H2,1H3/t10-/m1/s1. The molecule has 21 heavy (non-hydrogen) atoms. The monoisotopic (exact) mass is 375 g/mol. The minimum absolute atomic E-state index is 0.173. The maximum Gasteiger partial charge on any atom is 0.284 e. The average Bonchev–Trinajstić information content (AvgIpc) is 2.90. The Morgan fingerprint density at radius 2 is 2.00 bits per heavy atom. The molecule has 0 saturated carbocycles. The molecule has 0 fully saturated rings. The molecule has 0 aliphatic rings. The number of hydrogen-bond donors (Lipinski definition) is 1. The molecule has 6 heteroatoms. The van der Waals surface area contributed by atoms with Gasteiger partial charge in [0.2, 0.25) is 0 Å². The van der Waals surface area contributed by atoms with E-state index in [9.17, 15) is 8.78 Å². The van der Waals surface area contributed by atoms with Gasteiger partial charge >= 0.3 is 0 Å². The van der Waals surface area contributed by atoms with Crippen LogP contribution in [0.3, 0.4) is 0 Å². The summed E-state index contributed by atoms with van der Waals surface area (Å²) in [4.78, 5) is 0. The van der Waals surface area contributed by atoms with E-state index in [1.165, 1.54) is 5.56 Å². The highest BCUT2D eigenvalue weighted by Crippen LogP contribution is 2.22. The largest absolute Gasteiger partial charge is 0.464 e. The van der Waals surface area contributed by atoms with E-state index in [-0.39, 0.29) is 11.8 Å². The highest BCUT2D eigenvalue weighted by atomic mass is 79.9. The SMILES string of the molecule is C[C@@H](NCc1ccc(CSC(F)F)o1)c1cccc(Br)c1. The zero-order valence-corrected chi connectivity index (χ0v) is 13.9. The molecule has 0 saturated heterocycles. The Morgan fingerprint density at radius 1 is 1.24 bits per heavy atom. The zero-order valence-electron chi connectivity index (χ0n) is 11.5. The molecule has 2 rings (SSSR count). The lowest BCUT2D eigenvalue weighted by atomic mass is 10.1. The van der Waals surface area contributed by atoms with Crippen molar-refractivity contribution in [3.8, 4) is 0 Å². The number of alkyl halides is 2. The topological polar surface area (TPSA) is 25.2 Å². The highest BCUT2D eigenvalue weighted by Gasteiger charge is 2.09. The van der Waals surface area contributed by atoms with Gasteiger partial charge in [-0.15, -0.1) is 0 Å². The van der Waals surface area contributed by atoms with Crippen molar-refractivity contribution in [3.05, 3.63) is 58.0 Å². The first-order valence-electron chi connectivity index (χ1n) is 6.51. The van der Waals surface area contributed by atoms with Gasteiger partial charge in [0.05, 0.1) is 12.3 Å². The number of rotatable bonds is 7. The van der Waals surface area contributed by atoms with E-state index in [1.54, 1.807) is 6.07 Å². The van der Waals surface area contributed by atoms with Crippen molar-refractivity contribution in [2.75, 3.05) is 0 Å². The molecular formula is C15H16BrF2NOS. The average molecular weight is 376 g/mol. The molecule has 1 aromatic carbocycles. The molecule has 0 aliphatic carbocycles. The van der Waals surface area contributed by atoms with Gasteiger partial charge in [0.15, 0.2) is 0 Å². The molecule has 2 aromatic rings. The maximum absolute atomic E-state index is 12.1.